The van der Waals surface area contributed by atoms with E-state index >= 15 is 0 Å². The van der Waals surface area contributed by atoms with Gasteiger partial charge in [0.25, 0.3) is 0 Å². The van der Waals surface area contributed by atoms with Crippen LogP contribution in [0.15, 0.2) is 6.07 Å². The molecule has 0 radical (unpaired) electrons. The Hall–Kier alpha value is -1.32. The molecule has 1 aromatic rings. The lowest BCUT2D eigenvalue weighted by Gasteiger charge is -2.01. The van der Waals surface area contributed by atoms with Gasteiger partial charge in [-0.05, 0) is 12.3 Å². The van der Waals surface area contributed by atoms with Crippen LogP contribution in [0.1, 0.15) is 64.5 Å². The van der Waals surface area contributed by atoms with Crippen molar-refractivity contribution < 1.29 is 4.79 Å². The number of carbonyl (C=O) groups excluding carboxylic acids is 1. The molecule has 0 aromatic carbocycles. The van der Waals surface area contributed by atoms with E-state index < -0.39 is 0 Å². The second-order valence-electron chi connectivity index (χ2n) is 4.72. The van der Waals surface area contributed by atoms with Gasteiger partial charge in [-0.2, -0.15) is 5.10 Å². The first-order chi connectivity index (χ1) is 8.13. The summed E-state index contributed by atoms with van der Waals surface area (Å²) < 4.78 is 0. The molecule has 0 atom stereocenters. The second-order valence-corrected chi connectivity index (χ2v) is 4.72. The fraction of sp³-hybridized carbons (Fsp3) is 0.692. The number of aromatic nitrogens is 2. The summed E-state index contributed by atoms with van der Waals surface area (Å²) in [6.07, 6.45) is 5.07. The van der Waals surface area contributed by atoms with Gasteiger partial charge in [-0.3, -0.25) is 9.89 Å². The van der Waals surface area contributed by atoms with Crippen LogP contribution in [-0.2, 0) is 4.79 Å². The number of hydrogen-bond donors (Lipinski definition) is 2. The third-order valence-corrected chi connectivity index (χ3v) is 2.74. The Morgan fingerprint density at radius 2 is 2.18 bits per heavy atom. The molecule has 0 unspecified atom stereocenters. The number of nitrogens with one attached hydrogen (secondary N) is 2. The van der Waals surface area contributed by atoms with E-state index in [1.54, 1.807) is 0 Å². The van der Waals surface area contributed by atoms with E-state index in [1.165, 1.54) is 12.8 Å². The molecule has 0 saturated heterocycles. The van der Waals surface area contributed by atoms with Crippen LogP contribution < -0.4 is 5.32 Å². The Bertz CT molecular complexity index is 344. The molecule has 0 fully saturated rings. The fourth-order valence-corrected chi connectivity index (χ4v) is 1.61. The summed E-state index contributed by atoms with van der Waals surface area (Å²) in [5.74, 6) is 1.09. The zero-order chi connectivity index (χ0) is 12.7. The molecule has 1 rings (SSSR count). The maximum Gasteiger partial charge on any atom is 0.225 e. The first-order valence-corrected chi connectivity index (χ1v) is 6.48. The predicted molar refractivity (Wildman–Crippen MR) is 70.1 cm³/mol. The highest BCUT2D eigenvalue weighted by Crippen LogP contribution is 2.15. The second kappa shape index (κ2) is 7.09. The van der Waals surface area contributed by atoms with Crippen molar-refractivity contribution in [2.75, 3.05) is 5.32 Å². The van der Waals surface area contributed by atoms with Gasteiger partial charge in [0.2, 0.25) is 5.91 Å². The summed E-state index contributed by atoms with van der Waals surface area (Å²) in [5.41, 5.74) is 1.05. The van der Waals surface area contributed by atoms with Crippen LogP contribution in [0.5, 0.6) is 0 Å². The van der Waals surface area contributed by atoms with Crippen molar-refractivity contribution in [1.82, 2.24) is 10.2 Å². The molecule has 0 aliphatic carbocycles. The summed E-state index contributed by atoms with van der Waals surface area (Å²) in [5, 5.41) is 9.80. The minimum absolute atomic E-state index is 0.0582. The van der Waals surface area contributed by atoms with Crippen molar-refractivity contribution >= 4 is 11.7 Å². The summed E-state index contributed by atoms with van der Waals surface area (Å²) in [4.78, 5) is 11.6. The monoisotopic (exact) mass is 237 g/mol. The van der Waals surface area contributed by atoms with Crippen LogP contribution in [0.25, 0.3) is 0 Å². The first kappa shape index (κ1) is 13.7. The molecular formula is C13H23N3O. The molecular weight excluding hydrogens is 214 g/mol. The Morgan fingerprint density at radius 3 is 2.76 bits per heavy atom. The minimum Gasteiger partial charge on any atom is -0.309 e. The number of amides is 1. The number of anilines is 1. The highest BCUT2D eigenvalue weighted by Gasteiger charge is 2.07. The van der Waals surface area contributed by atoms with Crippen LogP contribution in [0.4, 0.5) is 5.82 Å². The van der Waals surface area contributed by atoms with E-state index in [9.17, 15) is 4.79 Å². The average Bonchev–Trinajstić information content (AvgIpc) is 2.73. The Kier molecular flexibility index (Phi) is 5.73. The lowest BCUT2D eigenvalue weighted by molar-refractivity contribution is -0.116. The third kappa shape index (κ3) is 5.02. The van der Waals surface area contributed by atoms with Gasteiger partial charge in [-0.25, -0.2) is 0 Å². The van der Waals surface area contributed by atoms with Gasteiger partial charge in [-0.15, -0.1) is 0 Å². The van der Waals surface area contributed by atoms with Gasteiger partial charge in [0.15, 0.2) is 5.82 Å². The van der Waals surface area contributed by atoms with Crippen molar-refractivity contribution in [3.63, 3.8) is 0 Å². The number of H-pyrrole nitrogens is 1. The molecule has 0 aliphatic rings. The van der Waals surface area contributed by atoms with Crippen molar-refractivity contribution in [2.24, 2.45) is 0 Å². The number of nitrogens with zero attached hydrogens (tertiary/aromatic N) is 1. The van der Waals surface area contributed by atoms with Crippen LogP contribution in [0.2, 0.25) is 0 Å². The van der Waals surface area contributed by atoms with E-state index in [0.29, 0.717) is 18.2 Å². The normalized spacial score (nSPS) is 10.8. The molecule has 1 amide bonds. The Morgan fingerprint density at radius 1 is 1.41 bits per heavy atom. The Balaban J connectivity index is 2.29. The lowest BCUT2D eigenvalue weighted by atomic mass is 10.1. The molecule has 0 spiro atoms. The summed E-state index contributed by atoms with van der Waals surface area (Å²) in [6.45, 7) is 6.34. The van der Waals surface area contributed by atoms with Gasteiger partial charge in [0, 0.05) is 18.2 Å². The van der Waals surface area contributed by atoms with E-state index in [1.807, 2.05) is 6.07 Å². The number of unbranched alkanes of at least 4 members (excludes halogenated alkanes) is 3. The number of aromatic amines is 1. The standard InChI is InChI=1S/C13H23N3O/c1-4-5-6-7-8-13(17)14-12-9-11(10(2)3)15-16-12/h9-10H,4-8H2,1-3H3,(H2,14,15,16,17). The van der Waals surface area contributed by atoms with Crippen LogP contribution >= 0.6 is 0 Å². The molecule has 0 aliphatic heterocycles. The van der Waals surface area contributed by atoms with Crippen molar-refractivity contribution in [2.45, 2.75) is 58.8 Å². The largest absolute Gasteiger partial charge is 0.309 e. The van der Waals surface area contributed by atoms with E-state index in [2.05, 4.69) is 36.3 Å². The van der Waals surface area contributed by atoms with E-state index in [-0.39, 0.29) is 5.91 Å². The lowest BCUT2D eigenvalue weighted by Crippen LogP contribution is -2.11. The highest BCUT2D eigenvalue weighted by molar-refractivity contribution is 5.89. The first-order valence-electron chi connectivity index (χ1n) is 6.48. The highest BCUT2D eigenvalue weighted by atomic mass is 16.1. The minimum atomic E-state index is 0.0582. The summed E-state index contributed by atoms with van der Waals surface area (Å²) in [6, 6.07) is 1.90. The Labute approximate surface area is 103 Å². The number of rotatable bonds is 7. The summed E-state index contributed by atoms with van der Waals surface area (Å²) in [7, 11) is 0. The molecule has 1 heterocycles. The topological polar surface area (TPSA) is 57.8 Å². The molecule has 4 heteroatoms. The van der Waals surface area contributed by atoms with Gasteiger partial charge < -0.3 is 5.32 Å². The number of carbonyl (C=O) groups is 1. The van der Waals surface area contributed by atoms with Crippen molar-refractivity contribution in [3.8, 4) is 0 Å². The average molecular weight is 237 g/mol. The SMILES string of the molecule is CCCCCCC(=O)Nc1cc(C(C)C)[nH]n1. The third-order valence-electron chi connectivity index (χ3n) is 2.74. The smallest absolute Gasteiger partial charge is 0.225 e. The van der Waals surface area contributed by atoms with Crippen LogP contribution in [0.3, 0.4) is 0 Å². The van der Waals surface area contributed by atoms with Gasteiger partial charge in [0.05, 0.1) is 0 Å². The van der Waals surface area contributed by atoms with Gasteiger partial charge in [0.1, 0.15) is 0 Å². The molecule has 4 nitrogen and oxygen atoms in total. The van der Waals surface area contributed by atoms with E-state index in [0.717, 1.165) is 18.5 Å². The molecule has 0 saturated carbocycles. The van der Waals surface area contributed by atoms with Crippen LogP contribution in [-0.4, -0.2) is 16.1 Å². The quantitative estimate of drug-likeness (QED) is 0.714. The molecule has 2 N–H and O–H groups in total. The predicted octanol–water partition coefficient (Wildman–Crippen LogP) is 3.44. The maximum absolute atomic E-state index is 11.6. The summed E-state index contributed by atoms with van der Waals surface area (Å²) >= 11 is 0. The molecule has 0 bridgehead atoms. The maximum atomic E-state index is 11.6. The van der Waals surface area contributed by atoms with E-state index in [4.69, 9.17) is 0 Å². The zero-order valence-electron chi connectivity index (χ0n) is 11.0. The molecule has 17 heavy (non-hydrogen) atoms. The molecule has 96 valence electrons. The fourth-order valence-electron chi connectivity index (χ4n) is 1.61. The number of hydrogen-bond acceptors (Lipinski definition) is 2. The van der Waals surface area contributed by atoms with Gasteiger partial charge >= 0.3 is 0 Å². The zero-order valence-corrected chi connectivity index (χ0v) is 11.0. The van der Waals surface area contributed by atoms with Crippen molar-refractivity contribution in [1.29, 1.82) is 0 Å². The molecule has 1 aromatic heterocycles. The van der Waals surface area contributed by atoms with Crippen molar-refractivity contribution in [3.05, 3.63) is 11.8 Å². The van der Waals surface area contributed by atoms with Crippen LogP contribution in [0, 0.1) is 0 Å². The van der Waals surface area contributed by atoms with Gasteiger partial charge in [-0.1, -0.05) is 40.0 Å².